The molecule has 0 unspecified atom stereocenters. The Bertz CT molecular complexity index is 941. The Morgan fingerprint density at radius 1 is 1.42 bits per heavy atom. The summed E-state index contributed by atoms with van der Waals surface area (Å²) >= 11 is 7.28. The zero-order chi connectivity index (χ0) is 18.5. The summed E-state index contributed by atoms with van der Waals surface area (Å²) in [5.41, 5.74) is -0.796. The van der Waals surface area contributed by atoms with Crippen LogP contribution in [0.15, 0.2) is 22.1 Å². The fourth-order valence-corrected chi connectivity index (χ4v) is 4.03. The molecule has 4 rings (SSSR count). The summed E-state index contributed by atoms with van der Waals surface area (Å²) in [6.45, 7) is 3.95. The first-order chi connectivity index (χ1) is 12.4. The van der Waals surface area contributed by atoms with Crippen LogP contribution < -0.4 is 10.2 Å². The molecule has 5 nitrogen and oxygen atoms in total. The van der Waals surface area contributed by atoms with Crippen LogP contribution in [0.2, 0.25) is 5.02 Å². The second kappa shape index (κ2) is 6.40. The summed E-state index contributed by atoms with van der Waals surface area (Å²) in [5.74, 6) is 0. The molecule has 0 amide bonds. The van der Waals surface area contributed by atoms with Gasteiger partial charge in [0.2, 0.25) is 0 Å². The minimum absolute atomic E-state index is 0.0462. The van der Waals surface area contributed by atoms with Gasteiger partial charge in [0, 0.05) is 37.3 Å². The third-order valence-electron chi connectivity index (χ3n) is 4.30. The van der Waals surface area contributed by atoms with Crippen LogP contribution in [0.25, 0.3) is 21.7 Å². The molecular formula is C16H14ClF3N4OS. The molecule has 26 heavy (non-hydrogen) atoms. The number of aromatic nitrogens is 2. The zero-order valence-corrected chi connectivity index (χ0v) is 15.2. The van der Waals surface area contributed by atoms with Crippen LogP contribution in [0.5, 0.6) is 0 Å². The van der Waals surface area contributed by atoms with E-state index < -0.39 is 16.8 Å². The number of rotatable bonds is 2. The highest BCUT2D eigenvalue weighted by atomic mass is 35.5. The van der Waals surface area contributed by atoms with E-state index >= 15 is 0 Å². The van der Waals surface area contributed by atoms with E-state index in [4.69, 9.17) is 16.0 Å². The molecule has 1 aliphatic rings. The monoisotopic (exact) mass is 402 g/mol. The van der Waals surface area contributed by atoms with E-state index in [2.05, 4.69) is 15.3 Å². The van der Waals surface area contributed by atoms with Crippen LogP contribution >= 0.6 is 22.9 Å². The number of fused-ring (bicyclic) bond motifs is 1. The predicted molar refractivity (Wildman–Crippen MR) is 94.8 cm³/mol. The Hall–Kier alpha value is -1.84. The maximum Gasteiger partial charge on any atom is 0.420 e. The van der Waals surface area contributed by atoms with Crippen molar-refractivity contribution < 1.29 is 17.6 Å². The highest BCUT2D eigenvalue weighted by Crippen LogP contribution is 2.44. The largest absolute Gasteiger partial charge is 0.423 e. The smallest absolute Gasteiger partial charge is 0.420 e. The number of halogens is 4. The molecule has 138 valence electrons. The highest BCUT2D eigenvalue weighted by Gasteiger charge is 2.39. The molecule has 0 saturated carbocycles. The van der Waals surface area contributed by atoms with E-state index in [-0.39, 0.29) is 23.2 Å². The van der Waals surface area contributed by atoms with Crippen molar-refractivity contribution in [3.63, 3.8) is 0 Å². The van der Waals surface area contributed by atoms with Crippen molar-refractivity contribution in [1.29, 1.82) is 0 Å². The van der Waals surface area contributed by atoms with E-state index in [1.165, 1.54) is 17.4 Å². The lowest BCUT2D eigenvalue weighted by Crippen LogP contribution is -2.50. The topological polar surface area (TPSA) is 54.2 Å². The van der Waals surface area contributed by atoms with Gasteiger partial charge in [-0.3, -0.25) is 0 Å². The number of nitrogens with one attached hydrogen (secondary N) is 1. The molecular weight excluding hydrogens is 389 g/mol. The molecule has 0 aliphatic carbocycles. The van der Waals surface area contributed by atoms with E-state index in [1.807, 2.05) is 11.8 Å². The Morgan fingerprint density at radius 3 is 2.88 bits per heavy atom. The number of alkyl halides is 3. The zero-order valence-electron chi connectivity index (χ0n) is 13.6. The molecule has 1 saturated heterocycles. The van der Waals surface area contributed by atoms with Crippen LogP contribution in [0.1, 0.15) is 12.5 Å². The maximum absolute atomic E-state index is 13.6. The molecule has 10 heteroatoms. The summed E-state index contributed by atoms with van der Waals surface area (Å²) < 4.78 is 46.6. The third kappa shape index (κ3) is 2.93. The minimum Gasteiger partial charge on any atom is -0.423 e. The van der Waals surface area contributed by atoms with Crippen molar-refractivity contribution in [2.24, 2.45) is 0 Å². The van der Waals surface area contributed by atoms with Crippen LogP contribution in [0.3, 0.4) is 0 Å². The molecule has 1 N–H and O–H groups in total. The van der Waals surface area contributed by atoms with Crippen LogP contribution in [0.4, 0.5) is 19.2 Å². The maximum atomic E-state index is 13.6. The third-order valence-corrected chi connectivity index (χ3v) is 5.40. The van der Waals surface area contributed by atoms with Crippen molar-refractivity contribution in [2.45, 2.75) is 19.1 Å². The normalized spacial score (nSPS) is 18.7. The number of oxazole rings is 1. The number of nitrogens with zero attached hydrogens (tertiary/aromatic N) is 3. The van der Waals surface area contributed by atoms with E-state index in [9.17, 15) is 13.2 Å². The minimum atomic E-state index is -4.64. The standard InChI is InChI=1S/C16H14ClF3N4OS/c1-8-7-21-2-4-24(8)15-23-12-11(16(18,19)20)10(17)6-9(13(12)25-15)14-22-3-5-26-14/h3,5-6,8,21H,2,4,7H2,1H3/t8-/m0/s1. The van der Waals surface area contributed by atoms with Gasteiger partial charge in [-0.05, 0) is 13.0 Å². The van der Waals surface area contributed by atoms with Gasteiger partial charge >= 0.3 is 6.18 Å². The molecule has 0 radical (unpaired) electrons. The summed E-state index contributed by atoms with van der Waals surface area (Å²) in [4.78, 5) is 10.2. The van der Waals surface area contributed by atoms with Gasteiger partial charge in [0.05, 0.1) is 10.6 Å². The van der Waals surface area contributed by atoms with Gasteiger partial charge in [0.1, 0.15) is 16.1 Å². The summed E-state index contributed by atoms with van der Waals surface area (Å²) in [5, 5.41) is 5.08. The van der Waals surface area contributed by atoms with Crippen molar-refractivity contribution in [3.8, 4) is 10.6 Å². The molecule has 1 aromatic carbocycles. The van der Waals surface area contributed by atoms with Crippen molar-refractivity contribution >= 4 is 40.1 Å². The summed E-state index contributed by atoms with van der Waals surface area (Å²) in [7, 11) is 0. The van der Waals surface area contributed by atoms with Gasteiger partial charge in [-0.25, -0.2) is 4.98 Å². The molecule has 0 bridgehead atoms. The first kappa shape index (κ1) is 17.6. The molecule has 3 aromatic rings. The molecule has 3 heterocycles. The molecule has 1 aliphatic heterocycles. The lowest BCUT2D eigenvalue weighted by molar-refractivity contribution is -0.136. The van der Waals surface area contributed by atoms with Gasteiger partial charge in [-0.15, -0.1) is 11.3 Å². The van der Waals surface area contributed by atoms with Gasteiger partial charge in [0.15, 0.2) is 5.58 Å². The second-order valence-electron chi connectivity index (χ2n) is 6.04. The van der Waals surface area contributed by atoms with Crippen molar-refractivity contribution in [1.82, 2.24) is 15.3 Å². The fourth-order valence-electron chi connectivity index (χ4n) is 3.07. The van der Waals surface area contributed by atoms with Crippen LogP contribution in [-0.2, 0) is 6.18 Å². The first-order valence-electron chi connectivity index (χ1n) is 7.93. The van der Waals surface area contributed by atoms with Gasteiger partial charge in [-0.1, -0.05) is 11.6 Å². The lowest BCUT2D eigenvalue weighted by Gasteiger charge is -2.32. The first-order valence-corrected chi connectivity index (χ1v) is 9.19. The van der Waals surface area contributed by atoms with Gasteiger partial charge in [0.25, 0.3) is 6.01 Å². The second-order valence-corrected chi connectivity index (χ2v) is 7.34. The highest BCUT2D eigenvalue weighted by molar-refractivity contribution is 7.13. The number of hydrogen-bond donors (Lipinski definition) is 1. The van der Waals surface area contributed by atoms with E-state index in [0.29, 0.717) is 30.2 Å². The molecule has 0 spiro atoms. The predicted octanol–water partition coefficient (Wildman–Crippen LogP) is 4.42. The fraction of sp³-hybridized carbons (Fsp3) is 0.375. The van der Waals surface area contributed by atoms with Crippen LogP contribution in [0, 0.1) is 0 Å². The average Bonchev–Trinajstić information content (AvgIpc) is 3.22. The summed E-state index contributed by atoms with van der Waals surface area (Å²) in [6, 6.07) is 1.46. The average molecular weight is 403 g/mol. The number of benzene rings is 1. The van der Waals surface area contributed by atoms with E-state index in [1.54, 1.807) is 11.6 Å². The van der Waals surface area contributed by atoms with Crippen molar-refractivity contribution in [3.05, 3.63) is 28.2 Å². The Balaban J connectivity index is 1.97. The van der Waals surface area contributed by atoms with Crippen molar-refractivity contribution in [2.75, 3.05) is 24.5 Å². The quantitative estimate of drug-likeness (QED) is 0.687. The lowest BCUT2D eigenvalue weighted by atomic mass is 10.1. The molecule has 2 aromatic heterocycles. The molecule has 1 fully saturated rings. The Morgan fingerprint density at radius 2 is 2.23 bits per heavy atom. The van der Waals surface area contributed by atoms with Gasteiger partial charge in [-0.2, -0.15) is 18.2 Å². The molecule has 1 atom stereocenters. The summed E-state index contributed by atoms with van der Waals surface area (Å²) in [6.07, 6.45) is -3.06. The Kier molecular flexibility index (Phi) is 4.32. The van der Waals surface area contributed by atoms with Gasteiger partial charge < -0.3 is 14.6 Å². The van der Waals surface area contributed by atoms with Crippen LogP contribution in [-0.4, -0.2) is 35.6 Å². The van der Waals surface area contributed by atoms with E-state index in [0.717, 1.165) is 0 Å². The number of anilines is 1. The number of hydrogen-bond acceptors (Lipinski definition) is 6. The number of piperazine rings is 1. The Labute approximate surface area is 155 Å². The SMILES string of the molecule is C[C@H]1CNCCN1c1nc2c(C(F)(F)F)c(Cl)cc(-c3nccs3)c2o1. The number of thiazole rings is 1.